The van der Waals surface area contributed by atoms with Gasteiger partial charge in [-0.05, 0) is 24.6 Å². The van der Waals surface area contributed by atoms with Crippen LogP contribution in [0.5, 0.6) is 0 Å². The van der Waals surface area contributed by atoms with Gasteiger partial charge in [0.25, 0.3) is 0 Å². The van der Waals surface area contributed by atoms with E-state index in [4.69, 9.17) is 9.84 Å². The number of rotatable bonds is 10. The molecule has 0 saturated carbocycles. The van der Waals surface area contributed by atoms with E-state index in [1.807, 2.05) is 31.2 Å². The quantitative estimate of drug-likeness (QED) is 0.646. The third-order valence-electron chi connectivity index (χ3n) is 4.04. The average Bonchev–Trinajstić information content (AvgIpc) is 2.68. The Hall–Kier alpha value is -2.22. The largest absolute Gasteiger partial charge is 0.394 e. The van der Waals surface area contributed by atoms with Crippen LogP contribution in [0, 0.1) is 6.92 Å². The van der Waals surface area contributed by atoms with E-state index in [2.05, 4.69) is 5.32 Å². The monoisotopic (exact) mass is 391 g/mol. The Bertz CT molecular complexity index is 819. The fraction of sp³-hybridized carbons (Fsp3) is 0.350. The second-order valence-electron chi connectivity index (χ2n) is 6.18. The van der Waals surface area contributed by atoms with E-state index in [1.165, 1.54) is 12.1 Å². The maximum absolute atomic E-state index is 12.2. The van der Waals surface area contributed by atoms with Crippen molar-refractivity contribution in [1.82, 2.24) is 5.32 Å². The normalized spacial score (nSPS) is 12.5. The molecule has 146 valence electrons. The first-order valence-electron chi connectivity index (χ1n) is 8.76. The van der Waals surface area contributed by atoms with Crippen LogP contribution in [-0.2, 0) is 19.4 Å². The number of aryl methyl sites for hydroxylation is 1. The van der Waals surface area contributed by atoms with Crippen LogP contribution in [0.2, 0.25) is 0 Å². The summed E-state index contributed by atoms with van der Waals surface area (Å²) >= 11 is 0. The molecule has 1 unspecified atom stereocenters. The SMILES string of the molecule is Cc1ccc(C(CNC(=O)CCS(=O)(=O)c2ccccc2)OCCO)cc1. The lowest BCUT2D eigenvalue weighted by Crippen LogP contribution is -2.31. The summed E-state index contributed by atoms with van der Waals surface area (Å²) < 4.78 is 30.1. The molecule has 0 aliphatic carbocycles. The maximum atomic E-state index is 12.2. The minimum Gasteiger partial charge on any atom is -0.394 e. The van der Waals surface area contributed by atoms with E-state index in [0.717, 1.165) is 11.1 Å². The number of aliphatic hydroxyl groups excluding tert-OH is 1. The molecule has 2 N–H and O–H groups in total. The third-order valence-corrected chi connectivity index (χ3v) is 5.78. The van der Waals surface area contributed by atoms with Crippen molar-refractivity contribution in [1.29, 1.82) is 0 Å². The molecule has 0 aliphatic heterocycles. The van der Waals surface area contributed by atoms with Crippen LogP contribution >= 0.6 is 0 Å². The maximum Gasteiger partial charge on any atom is 0.221 e. The van der Waals surface area contributed by atoms with Crippen molar-refractivity contribution in [2.75, 3.05) is 25.5 Å². The second-order valence-corrected chi connectivity index (χ2v) is 8.29. The van der Waals surface area contributed by atoms with Gasteiger partial charge in [-0.25, -0.2) is 8.42 Å². The zero-order valence-electron chi connectivity index (χ0n) is 15.3. The zero-order valence-corrected chi connectivity index (χ0v) is 16.1. The van der Waals surface area contributed by atoms with Gasteiger partial charge in [-0.1, -0.05) is 48.0 Å². The highest BCUT2D eigenvalue weighted by Gasteiger charge is 2.18. The van der Waals surface area contributed by atoms with Gasteiger partial charge in [0.05, 0.1) is 30.0 Å². The van der Waals surface area contributed by atoms with Gasteiger partial charge in [0, 0.05) is 13.0 Å². The molecule has 1 amide bonds. The number of carbonyl (C=O) groups excluding carboxylic acids is 1. The number of carbonyl (C=O) groups is 1. The molecule has 0 spiro atoms. The van der Waals surface area contributed by atoms with Crippen LogP contribution in [0.15, 0.2) is 59.5 Å². The lowest BCUT2D eigenvalue weighted by Gasteiger charge is -2.19. The Labute approximate surface area is 160 Å². The number of amides is 1. The number of nitrogens with one attached hydrogen (secondary N) is 1. The number of benzene rings is 2. The van der Waals surface area contributed by atoms with Gasteiger partial charge >= 0.3 is 0 Å². The molecular weight excluding hydrogens is 366 g/mol. The molecule has 2 aromatic rings. The number of sulfone groups is 1. The summed E-state index contributed by atoms with van der Waals surface area (Å²) in [5.74, 6) is -0.616. The van der Waals surface area contributed by atoms with Crippen molar-refractivity contribution >= 4 is 15.7 Å². The standard InChI is InChI=1S/C20H25NO5S/c1-16-7-9-17(10-8-16)19(26-13-12-22)15-21-20(23)11-14-27(24,25)18-5-3-2-4-6-18/h2-10,19,22H,11-15H2,1H3,(H,21,23). The van der Waals surface area contributed by atoms with Crippen molar-refractivity contribution in [3.05, 3.63) is 65.7 Å². The van der Waals surface area contributed by atoms with Gasteiger partial charge in [0.15, 0.2) is 9.84 Å². The second kappa shape index (κ2) is 10.2. The molecular formula is C20H25NO5S. The van der Waals surface area contributed by atoms with Crippen LogP contribution in [0.3, 0.4) is 0 Å². The zero-order chi connectivity index (χ0) is 19.7. The predicted octanol–water partition coefficient (Wildman–Crippen LogP) is 2.03. The van der Waals surface area contributed by atoms with Crippen molar-refractivity contribution in [3.8, 4) is 0 Å². The van der Waals surface area contributed by atoms with Gasteiger partial charge in [-0.2, -0.15) is 0 Å². The number of hydrogen-bond acceptors (Lipinski definition) is 5. The van der Waals surface area contributed by atoms with Crippen LogP contribution < -0.4 is 5.32 Å². The summed E-state index contributed by atoms with van der Waals surface area (Å²) in [4.78, 5) is 12.3. The molecule has 2 rings (SSSR count). The number of aliphatic hydroxyl groups is 1. The van der Waals surface area contributed by atoms with Crippen LogP contribution in [-0.4, -0.2) is 44.9 Å². The lowest BCUT2D eigenvalue weighted by molar-refractivity contribution is -0.121. The molecule has 6 nitrogen and oxygen atoms in total. The fourth-order valence-electron chi connectivity index (χ4n) is 2.52. The van der Waals surface area contributed by atoms with Gasteiger partial charge in [-0.3, -0.25) is 4.79 Å². The van der Waals surface area contributed by atoms with Crippen LogP contribution in [0.1, 0.15) is 23.7 Å². The molecule has 0 saturated heterocycles. The summed E-state index contributed by atoms with van der Waals surface area (Å²) in [6.07, 6.45) is -0.537. The Morgan fingerprint density at radius 3 is 2.41 bits per heavy atom. The van der Waals surface area contributed by atoms with Crippen LogP contribution in [0.4, 0.5) is 0 Å². The summed E-state index contributed by atoms with van der Waals surface area (Å²) in [6, 6.07) is 15.8. The summed E-state index contributed by atoms with van der Waals surface area (Å²) in [7, 11) is -3.49. The molecule has 7 heteroatoms. The van der Waals surface area contributed by atoms with Gasteiger partial charge in [0.1, 0.15) is 0 Å². The summed E-state index contributed by atoms with van der Waals surface area (Å²) in [5, 5.41) is 11.7. The summed E-state index contributed by atoms with van der Waals surface area (Å²) in [6.45, 7) is 2.21. The molecule has 0 fully saturated rings. The number of hydrogen-bond donors (Lipinski definition) is 2. The molecule has 2 aromatic carbocycles. The average molecular weight is 391 g/mol. The third kappa shape index (κ3) is 6.78. The highest BCUT2D eigenvalue weighted by Crippen LogP contribution is 2.17. The van der Waals surface area contributed by atoms with Crippen molar-refractivity contribution in [2.24, 2.45) is 0 Å². The van der Waals surface area contributed by atoms with Gasteiger partial charge in [-0.15, -0.1) is 0 Å². The number of ether oxygens (including phenoxy) is 1. The van der Waals surface area contributed by atoms with E-state index in [1.54, 1.807) is 18.2 Å². The van der Waals surface area contributed by atoms with Crippen molar-refractivity contribution < 1.29 is 23.1 Å². The first kappa shape index (κ1) is 21.1. The Balaban J connectivity index is 1.90. The van der Waals surface area contributed by atoms with E-state index in [0.29, 0.717) is 0 Å². The Morgan fingerprint density at radius 1 is 1.11 bits per heavy atom. The Kier molecular flexibility index (Phi) is 7.97. The minimum absolute atomic E-state index is 0.119. The highest BCUT2D eigenvalue weighted by atomic mass is 32.2. The Morgan fingerprint density at radius 2 is 1.78 bits per heavy atom. The molecule has 0 bridgehead atoms. The van der Waals surface area contributed by atoms with Crippen molar-refractivity contribution in [3.63, 3.8) is 0 Å². The molecule has 0 aromatic heterocycles. The smallest absolute Gasteiger partial charge is 0.221 e. The lowest BCUT2D eigenvalue weighted by atomic mass is 10.1. The predicted molar refractivity (Wildman–Crippen MR) is 103 cm³/mol. The summed E-state index contributed by atoms with van der Waals surface area (Å²) in [5.41, 5.74) is 1.99. The fourth-order valence-corrected chi connectivity index (χ4v) is 3.78. The van der Waals surface area contributed by atoms with E-state index in [9.17, 15) is 13.2 Å². The molecule has 0 radical (unpaired) electrons. The van der Waals surface area contributed by atoms with E-state index in [-0.39, 0.29) is 42.7 Å². The molecule has 0 heterocycles. The van der Waals surface area contributed by atoms with E-state index >= 15 is 0 Å². The van der Waals surface area contributed by atoms with E-state index < -0.39 is 15.9 Å². The molecule has 1 atom stereocenters. The molecule has 0 aliphatic rings. The highest BCUT2D eigenvalue weighted by molar-refractivity contribution is 7.91. The minimum atomic E-state index is -3.49. The van der Waals surface area contributed by atoms with Gasteiger partial charge < -0.3 is 15.2 Å². The van der Waals surface area contributed by atoms with Crippen molar-refractivity contribution in [2.45, 2.75) is 24.3 Å². The molecule has 27 heavy (non-hydrogen) atoms. The topological polar surface area (TPSA) is 92.7 Å². The first-order valence-corrected chi connectivity index (χ1v) is 10.4. The van der Waals surface area contributed by atoms with Crippen LogP contribution in [0.25, 0.3) is 0 Å². The van der Waals surface area contributed by atoms with Gasteiger partial charge in [0.2, 0.25) is 5.91 Å². The first-order chi connectivity index (χ1) is 12.9.